The summed E-state index contributed by atoms with van der Waals surface area (Å²) in [5.41, 5.74) is -0.779. The molecule has 1 amide bonds. The molecule has 0 aromatic heterocycles. The van der Waals surface area contributed by atoms with Crippen molar-refractivity contribution in [2.24, 2.45) is 0 Å². The van der Waals surface area contributed by atoms with Crippen molar-refractivity contribution >= 4 is 5.91 Å². The molecule has 1 aromatic carbocycles. The van der Waals surface area contributed by atoms with Crippen LogP contribution < -0.4 is 0 Å². The van der Waals surface area contributed by atoms with Crippen molar-refractivity contribution in [2.75, 3.05) is 20.2 Å². The first kappa shape index (κ1) is 18.4. The molecule has 0 aliphatic carbocycles. The van der Waals surface area contributed by atoms with Gasteiger partial charge in [0.2, 0.25) is 0 Å². The summed E-state index contributed by atoms with van der Waals surface area (Å²) in [4.78, 5) is 12.9. The molecular weight excluding hydrogens is 271 g/mol. The molecule has 0 fully saturated rings. The molecule has 3 nitrogen and oxygen atoms in total. The third-order valence-corrected chi connectivity index (χ3v) is 2.57. The Hall–Kier alpha value is -1.56. The van der Waals surface area contributed by atoms with Crippen LogP contribution in [0.4, 0.5) is 13.2 Å². The van der Waals surface area contributed by atoms with Gasteiger partial charge in [-0.2, -0.15) is 13.2 Å². The number of halogens is 3. The number of likely N-dealkylation sites (N-methyl/N-ethyl adjacent to an activating group) is 1. The lowest BCUT2D eigenvalue weighted by atomic mass is 10.0. The fourth-order valence-electron chi connectivity index (χ4n) is 1.53. The minimum atomic E-state index is -4.48. The molecule has 0 aliphatic rings. The third-order valence-electron chi connectivity index (χ3n) is 2.57. The standard InChI is InChI=1S/C12H14F3NO2.C2H6/c1-8-3-4-9(7-10(8)12(13,14)15)11(18)16(2)5-6-17;1-2/h3-4,7,17H,5-6H2,1-2H3;1-2H3. The Morgan fingerprint density at radius 1 is 1.30 bits per heavy atom. The lowest BCUT2D eigenvalue weighted by Crippen LogP contribution is -2.29. The first-order valence-corrected chi connectivity index (χ1v) is 6.31. The van der Waals surface area contributed by atoms with Gasteiger partial charge < -0.3 is 10.0 Å². The van der Waals surface area contributed by atoms with E-state index < -0.39 is 17.6 Å². The number of aliphatic hydroxyl groups is 1. The molecule has 0 saturated heterocycles. The van der Waals surface area contributed by atoms with E-state index in [0.717, 1.165) is 6.07 Å². The van der Waals surface area contributed by atoms with Crippen LogP contribution in [0.2, 0.25) is 0 Å². The molecule has 0 radical (unpaired) electrons. The number of amides is 1. The van der Waals surface area contributed by atoms with Crippen LogP contribution in [0.5, 0.6) is 0 Å². The van der Waals surface area contributed by atoms with Crippen LogP contribution in [0, 0.1) is 6.92 Å². The lowest BCUT2D eigenvalue weighted by Gasteiger charge is -2.17. The Balaban J connectivity index is 0.00000172. The summed E-state index contributed by atoms with van der Waals surface area (Å²) in [6.07, 6.45) is -4.48. The normalized spacial score (nSPS) is 10.6. The summed E-state index contributed by atoms with van der Waals surface area (Å²) in [7, 11) is 1.42. The Kier molecular flexibility index (Phi) is 7.28. The first-order chi connectivity index (χ1) is 9.27. The number of nitrogens with zero attached hydrogens (tertiary/aromatic N) is 1. The Bertz CT molecular complexity index is 445. The summed E-state index contributed by atoms with van der Waals surface area (Å²) in [6.45, 7) is 5.18. The Morgan fingerprint density at radius 3 is 2.30 bits per heavy atom. The third kappa shape index (κ3) is 4.85. The van der Waals surface area contributed by atoms with E-state index in [2.05, 4.69) is 0 Å². The molecule has 1 aromatic rings. The molecule has 1 rings (SSSR count). The zero-order valence-corrected chi connectivity index (χ0v) is 12.1. The minimum absolute atomic E-state index is 0.0381. The van der Waals surface area contributed by atoms with E-state index in [4.69, 9.17) is 5.11 Å². The number of aliphatic hydroxyl groups excluding tert-OH is 1. The average Bonchev–Trinajstić information content (AvgIpc) is 2.39. The van der Waals surface area contributed by atoms with E-state index in [1.54, 1.807) is 0 Å². The molecule has 20 heavy (non-hydrogen) atoms. The van der Waals surface area contributed by atoms with Crippen molar-refractivity contribution in [1.82, 2.24) is 4.90 Å². The van der Waals surface area contributed by atoms with Crippen LogP contribution in [-0.4, -0.2) is 36.1 Å². The summed E-state index contributed by atoms with van der Waals surface area (Å²) in [5.74, 6) is -0.547. The van der Waals surface area contributed by atoms with Crippen LogP contribution in [0.15, 0.2) is 18.2 Å². The number of aryl methyl sites for hydroxylation is 1. The van der Waals surface area contributed by atoms with Gasteiger partial charge in [-0.05, 0) is 24.6 Å². The predicted molar refractivity (Wildman–Crippen MR) is 71.6 cm³/mol. The highest BCUT2D eigenvalue weighted by atomic mass is 19.4. The average molecular weight is 291 g/mol. The van der Waals surface area contributed by atoms with Crippen molar-refractivity contribution in [2.45, 2.75) is 26.9 Å². The number of benzene rings is 1. The van der Waals surface area contributed by atoms with Crippen molar-refractivity contribution < 1.29 is 23.1 Å². The number of carbonyl (C=O) groups is 1. The molecule has 0 bridgehead atoms. The second kappa shape index (κ2) is 7.89. The Labute approximate surface area is 117 Å². The quantitative estimate of drug-likeness (QED) is 0.929. The fourth-order valence-corrected chi connectivity index (χ4v) is 1.53. The number of hydrogen-bond donors (Lipinski definition) is 1. The van der Waals surface area contributed by atoms with Gasteiger partial charge in [0.05, 0.1) is 12.2 Å². The molecular formula is C14H20F3NO2. The highest BCUT2D eigenvalue weighted by Crippen LogP contribution is 2.32. The SMILES string of the molecule is CC.Cc1ccc(C(=O)N(C)CCO)cc1C(F)(F)F. The van der Waals surface area contributed by atoms with Gasteiger partial charge in [0.1, 0.15) is 0 Å². The molecule has 0 unspecified atom stereocenters. The topological polar surface area (TPSA) is 40.5 Å². The van der Waals surface area contributed by atoms with Crippen molar-refractivity contribution in [3.05, 3.63) is 34.9 Å². The summed E-state index contributed by atoms with van der Waals surface area (Å²) < 4.78 is 38.0. The zero-order valence-electron chi connectivity index (χ0n) is 12.1. The molecule has 0 aliphatic heterocycles. The van der Waals surface area contributed by atoms with Gasteiger partial charge in [-0.3, -0.25) is 4.79 Å². The van der Waals surface area contributed by atoms with Crippen LogP contribution in [0.25, 0.3) is 0 Å². The predicted octanol–water partition coefficient (Wildman–Crippen LogP) is 3.10. The van der Waals surface area contributed by atoms with E-state index in [0.29, 0.717) is 0 Å². The lowest BCUT2D eigenvalue weighted by molar-refractivity contribution is -0.138. The number of hydrogen-bond acceptors (Lipinski definition) is 2. The van der Waals surface area contributed by atoms with Crippen LogP contribution in [0.1, 0.15) is 35.3 Å². The molecule has 0 heterocycles. The number of alkyl halides is 3. The summed E-state index contributed by atoms with van der Waals surface area (Å²) >= 11 is 0. The maximum absolute atomic E-state index is 12.7. The van der Waals surface area contributed by atoms with E-state index in [-0.39, 0.29) is 24.3 Å². The van der Waals surface area contributed by atoms with Gasteiger partial charge in [0, 0.05) is 19.2 Å². The van der Waals surface area contributed by atoms with Crippen LogP contribution in [-0.2, 0) is 6.18 Å². The molecule has 0 saturated carbocycles. The molecule has 6 heteroatoms. The van der Waals surface area contributed by atoms with E-state index >= 15 is 0 Å². The van der Waals surface area contributed by atoms with E-state index in [9.17, 15) is 18.0 Å². The Morgan fingerprint density at radius 2 is 1.85 bits per heavy atom. The van der Waals surface area contributed by atoms with E-state index in [1.165, 1.54) is 31.0 Å². The van der Waals surface area contributed by atoms with E-state index in [1.807, 2.05) is 13.8 Å². The highest BCUT2D eigenvalue weighted by Gasteiger charge is 2.33. The smallest absolute Gasteiger partial charge is 0.395 e. The zero-order chi connectivity index (χ0) is 15.9. The van der Waals surface area contributed by atoms with Crippen LogP contribution >= 0.6 is 0 Å². The van der Waals surface area contributed by atoms with Crippen molar-refractivity contribution in [1.29, 1.82) is 0 Å². The molecule has 0 atom stereocenters. The first-order valence-electron chi connectivity index (χ1n) is 6.31. The number of carbonyl (C=O) groups excluding carboxylic acids is 1. The van der Waals surface area contributed by atoms with Gasteiger partial charge >= 0.3 is 6.18 Å². The second-order valence-electron chi connectivity index (χ2n) is 3.98. The number of rotatable bonds is 3. The largest absolute Gasteiger partial charge is 0.416 e. The van der Waals surface area contributed by atoms with Gasteiger partial charge in [0.25, 0.3) is 5.91 Å². The minimum Gasteiger partial charge on any atom is -0.395 e. The second-order valence-corrected chi connectivity index (χ2v) is 3.98. The maximum Gasteiger partial charge on any atom is 0.416 e. The maximum atomic E-state index is 12.7. The van der Waals surface area contributed by atoms with Crippen molar-refractivity contribution in [3.8, 4) is 0 Å². The monoisotopic (exact) mass is 291 g/mol. The summed E-state index contributed by atoms with van der Waals surface area (Å²) in [5, 5.41) is 8.69. The van der Waals surface area contributed by atoms with Gasteiger partial charge in [-0.15, -0.1) is 0 Å². The molecule has 0 spiro atoms. The van der Waals surface area contributed by atoms with Gasteiger partial charge in [-0.1, -0.05) is 19.9 Å². The highest BCUT2D eigenvalue weighted by molar-refractivity contribution is 5.94. The van der Waals surface area contributed by atoms with Gasteiger partial charge in [0.15, 0.2) is 0 Å². The molecule has 114 valence electrons. The molecule has 1 N–H and O–H groups in total. The fraction of sp³-hybridized carbons (Fsp3) is 0.500. The van der Waals surface area contributed by atoms with Crippen molar-refractivity contribution in [3.63, 3.8) is 0 Å². The van der Waals surface area contributed by atoms with Gasteiger partial charge in [-0.25, -0.2) is 0 Å². The summed E-state index contributed by atoms with van der Waals surface area (Å²) in [6, 6.07) is 3.45. The van der Waals surface area contributed by atoms with Crippen LogP contribution in [0.3, 0.4) is 0 Å².